The number of rotatable bonds is 4. The van der Waals surface area contributed by atoms with Crippen molar-refractivity contribution < 1.29 is 0 Å². The zero-order valence-corrected chi connectivity index (χ0v) is 14.8. The van der Waals surface area contributed by atoms with E-state index in [1.807, 2.05) is 13.8 Å². The summed E-state index contributed by atoms with van der Waals surface area (Å²) in [6, 6.07) is 11.2. The predicted octanol–water partition coefficient (Wildman–Crippen LogP) is 3.18. The zero-order chi connectivity index (χ0) is 15.7. The highest BCUT2D eigenvalue weighted by Gasteiger charge is 2.31. The van der Waals surface area contributed by atoms with E-state index < -0.39 is 0 Å². The van der Waals surface area contributed by atoms with Crippen LogP contribution in [-0.2, 0) is 6.54 Å². The molecule has 2 aromatic rings. The van der Waals surface area contributed by atoms with E-state index >= 15 is 0 Å². The molecule has 22 heavy (non-hydrogen) atoms. The summed E-state index contributed by atoms with van der Waals surface area (Å²) in [6.45, 7) is 7.02. The molecule has 0 aliphatic carbocycles. The lowest BCUT2D eigenvalue weighted by Crippen LogP contribution is -2.58. The number of benzene rings is 1. The van der Waals surface area contributed by atoms with Crippen LogP contribution < -0.4 is 4.90 Å². The van der Waals surface area contributed by atoms with E-state index in [1.54, 1.807) is 0 Å². The van der Waals surface area contributed by atoms with E-state index in [1.165, 1.54) is 5.56 Å². The molecule has 0 saturated carbocycles. The van der Waals surface area contributed by atoms with Crippen molar-refractivity contribution in [1.29, 1.82) is 0 Å². The Morgan fingerprint density at radius 1 is 1.18 bits per heavy atom. The number of nitrogens with zero attached hydrogens (tertiary/aromatic N) is 4. The van der Waals surface area contributed by atoms with Crippen molar-refractivity contribution >= 4 is 21.7 Å². The molecule has 0 unspecified atom stereocenters. The van der Waals surface area contributed by atoms with Crippen molar-refractivity contribution in [2.75, 3.05) is 25.0 Å². The fourth-order valence-electron chi connectivity index (χ4n) is 2.79. The van der Waals surface area contributed by atoms with Gasteiger partial charge in [-0.15, -0.1) is 0 Å². The van der Waals surface area contributed by atoms with E-state index in [2.05, 4.69) is 73.1 Å². The van der Waals surface area contributed by atoms with Gasteiger partial charge in [0.15, 0.2) is 0 Å². The molecule has 1 aromatic heterocycles. The Balaban J connectivity index is 1.57. The molecular formula is C17H21BrN4. The molecule has 4 nitrogen and oxygen atoms in total. The quantitative estimate of drug-likeness (QED) is 0.837. The monoisotopic (exact) mass is 360 g/mol. The molecular weight excluding hydrogens is 340 g/mol. The fourth-order valence-corrected chi connectivity index (χ4v) is 3.05. The molecule has 3 rings (SSSR count). The normalized spacial score (nSPS) is 15.2. The van der Waals surface area contributed by atoms with Crippen molar-refractivity contribution in [2.24, 2.45) is 0 Å². The maximum Gasteiger partial charge on any atom is 0.132 e. The van der Waals surface area contributed by atoms with Gasteiger partial charge in [0.05, 0.1) is 0 Å². The molecule has 2 heterocycles. The molecule has 0 bridgehead atoms. The Kier molecular flexibility index (Phi) is 4.45. The second-order valence-electron chi connectivity index (χ2n) is 6.02. The molecule has 116 valence electrons. The highest BCUT2D eigenvalue weighted by Crippen LogP contribution is 2.23. The topological polar surface area (TPSA) is 32.3 Å². The lowest BCUT2D eigenvalue weighted by atomic mass is 10.1. The average Bonchev–Trinajstić information content (AvgIpc) is 2.38. The summed E-state index contributed by atoms with van der Waals surface area (Å²) in [6.07, 6.45) is 0. The van der Waals surface area contributed by atoms with Crippen LogP contribution in [0.1, 0.15) is 17.1 Å². The van der Waals surface area contributed by atoms with Gasteiger partial charge >= 0.3 is 0 Å². The Bertz CT molecular complexity index is 630. The van der Waals surface area contributed by atoms with Gasteiger partial charge in [0.2, 0.25) is 0 Å². The first-order valence-electron chi connectivity index (χ1n) is 7.53. The summed E-state index contributed by atoms with van der Waals surface area (Å²) in [7, 11) is 2.19. The minimum atomic E-state index is 0.583. The van der Waals surface area contributed by atoms with Gasteiger partial charge in [0.1, 0.15) is 11.6 Å². The largest absolute Gasteiger partial charge is 0.353 e. The summed E-state index contributed by atoms with van der Waals surface area (Å²) in [5.41, 5.74) is 2.38. The van der Waals surface area contributed by atoms with Gasteiger partial charge < -0.3 is 4.90 Å². The van der Waals surface area contributed by atoms with Gasteiger partial charge in [-0.2, -0.15) is 0 Å². The van der Waals surface area contributed by atoms with Crippen LogP contribution in [0.25, 0.3) is 0 Å². The van der Waals surface area contributed by atoms with Crippen LogP contribution in [0.15, 0.2) is 34.8 Å². The van der Waals surface area contributed by atoms with Gasteiger partial charge in [-0.1, -0.05) is 28.1 Å². The molecule has 1 aliphatic rings. The Morgan fingerprint density at radius 2 is 1.86 bits per heavy atom. The number of anilines is 1. The minimum Gasteiger partial charge on any atom is -0.353 e. The summed E-state index contributed by atoms with van der Waals surface area (Å²) >= 11 is 3.48. The third-order valence-electron chi connectivity index (χ3n) is 4.11. The predicted molar refractivity (Wildman–Crippen MR) is 93.1 cm³/mol. The molecule has 0 radical (unpaired) electrons. The molecule has 5 heteroatoms. The van der Waals surface area contributed by atoms with Crippen LogP contribution in [0.4, 0.5) is 5.82 Å². The van der Waals surface area contributed by atoms with E-state index in [0.717, 1.165) is 41.4 Å². The van der Waals surface area contributed by atoms with Crippen LogP contribution in [0.5, 0.6) is 0 Å². The van der Waals surface area contributed by atoms with Gasteiger partial charge in [-0.3, -0.25) is 4.90 Å². The number of hydrogen-bond donors (Lipinski definition) is 0. The summed E-state index contributed by atoms with van der Waals surface area (Å²) in [5, 5.41) is 0. The molecule has 0 spiro atoms. The third-order valence-corrected chi connectivity index (χ3v) is 4.64. The van der Waals surface area contributed by atoms with Crippen LogP contribution in [0, 0.1) is 13.8 Å². The van der Waals surface area contributed by atoms with Crippen LogP contribution >= 0.6 is 15.9 Å². The van der Waals surface area contributed by atoms with Crippen molar-refractivity contribution in [3.63, 3.8) is 0 Å². The number of halogens is 1. The van der Waals surface area contributed by atoms with Gasteiger partial charge in [0.25, 0.3) is 0 Å². The van der Waals surface area contributed by atoms with E-state index in [9.17, 15) is 0 Å². The summed E-state index contributed by atoms with van der Waals surface area (Å²) in [4.78, 5) is 13.6. The maximum absolute atomic E-state index is 4.53. The second kappa shape index (κ2) is 6.34. The van der Waals surface area contributed by atoms with Crippen molar-refractivity contribution in [3.8, 4) is 0 Å². The van der Waals surface area contributed by atoms with E-state index in [-0.39, 0.29) is 0 Å². The number of likely N-dealkylation sites (N-methyl/N-ethyl adjacent to an activating group) is 1. The Hall–Kier alpha value is -1.46. The molecule has 1 aromatic carbocycles. The zero-order valence-electron chi connectivity index (χ0n) is 13.3. The van der Waals surface area contributed by atoms with Gasteiger partial charge in [0, 0.05) is 41.9 Å². The number of aryl methyl sites for hydroxylation is 2. The molecule has 1 fully saturated rings. The van der Waals surface area contributed by atoms with E-state index in [4.69, 9.17) is 0 Å². The Labute approximate surface area is 140 Å². The van der Waals surface area contributed by atoms with Crippen LogP contribution in [0.2, 0.25) is 0 Å². The summed E-state index contributed by atoms with van der Waals surface area (Å²) in [5.74, 6) is 1.90. The number of aromatic nitrogens is 2. The fraction of sp³-hybridized carbons (Fsp3) is 0.412. The first kappa shape index (κ1) is 15.4. The van der Waals surface area contributed by atoms with Crippen molar-refractivity contribution in [3.05, 3.63) is 51.9 Å². The van der Waals surface area contributed by atoms with Gasteiger partial charge in [-0.05, 0) is 38.6 Å². The van der Waals surface area contributed by atoms with Gasteiger partial charge in [-0.25, -0.2) is 9.97 Å². The first-order valence-corrected chi connectivity index (χ1v) is 8.32. The lowest BCUT2D eigenvalue weighted by Gasteiger charge is -2.44. The van der Waals surface area contributed by atoms with Crippen molar-refractivity contribution in [1.82, 2.24) is 14.9 Å². The highest BCUT2D eigenvalue weighted by molar-refractivity contribution is 9.10. The molecule has 0 N–H and O–H groups in total. The van der Waals surface area contributed by atoms with Crippen LogP contribution in [-0.4, -0.2) is 41.0 Å². The first-order chi connectivity index (χ1) is 10.5. The summed E-state index contributed by atoms with van der Waals surface area (Å²) < 4.78 is 1.13. The number of hydrogen-bond acceptors (Lipinski definition) is 4. The van der Waals surface area contributed by atoms with Crippen molar-refractivity contribution in [2.45, 2.75) is 26.4 Å². The SMILES string of the molecule is Cc1cc(N2CC(N(C)Cc3ccc(Br)cc3)C2)nc(C)n1. The molecule has 1 saturated heterocycles. The smallest absolute Gasteiger partial charge is 0.132 e. The van der Waals surface area contributed by atoms with Crippen LogP contribution in [0.3, 0.4) is 0 Å². The molecule has 1 aliphatic heterocycles. The third kappa shape index (κ3) is 3.47. The highest BCUT2D eigenvalue weighted by atomic mass is 79.9. The Morgan fingerprint density at radius 3 is 2.50 bits per heavy atom. The second-order valence-corrected chi connectivity index (χ2v) is 6.93. The van der Waals surface area contributed by atoms with E-state index in [0.29, 0.717) is 6.04 Å². The standard InChI is InChI=1S/C17H21BrN4/c1-12-8-17(20-13(2)19-12)22-10-16(11-22)21(3)9-14-4-6-15(18)7-5-14/h4-8,16H,9-11H2,1-3H3. The lowest BCUT2D eigenvalue weighted by molar-refractivity contribution is 0.196. The molecule has 0 amide bonds. The average molecular weight is 361 g/mol. The molecule has 0 atom stereocenters. The minimum absolute atomic E-state index is 0.583. The maximum atomic E-state index is 4.53.